The lowest BCUT2D eigenvalue weighted by Gasteiger charge is -2.06. The number of aryl methyl sites for hydroxylation is 2. The van der Waals surface area contributed by atoms with Crippen LogP contribution in [0.2, 0.25) is 0 Å². The van der Waals surface area contributed by atoms with Crippen molar-refractivity contribution in [2.24, 2.45) is 0 Å². The van der Waals surface area contributed by atoms with E-state index in [0.717, 1.165) is 17.3 Å². The van der Waals surface area contributed by atoms with Crippen LogP contribution in [0.5, 0.6) is 5.75 Å². The number of benzene rings is 1. The number of hydrogen-bond donors (Lipinski definition) is 2. The van der Waals surface area contributed by atoms with Gasteiger partial charge in [0.15, 0.2) is 11.6 Å². The molecular formula is C11H10FNO2. The molecule has 0 atom stereocenters. The number of phenols is 1. The SMILES string of the molecule is Cc1[nH]c(=O)c2cc(F)c(O)cc2c1C. The lowest BCUT2D eigenvalue weighted by molar-refractivity contribution is 0.433. The Bertz CT molecular complexity index is 602. The standard InChI is InChI=1S/C11H10FNO2/c1-5-6(2)13-11(15)8-3-9(12)10(14)4-7(5)8/h3-4,14H,1-2H3,(H,13,15). The fraction of sp³-hybridized carbons (Fsp3) is 0.182. The van der Waals surface area contributed by atoms with Crippen LogP contribution in [0.25, 0.3) is 10.8 Å². The fourth-order valence-corrected chi connectivity index (χ4v) is 1.59. The van der Waals surface area contributed by atoms with E-state index < -0.39 is 11.6 Å². The largest absolute Gasteiger partial charge is 0.505 e. The van der Waals surface area contributed by atoms with E-state index in [1.807, 2.05) is 6.92 Å². The zero-order chi connectivity index (χ0) is 11.2. The summed E-state index contributed by atoms with van der Waals surface area (Å²) in [5.74, 6) is -1.22. The predicted molar refractivity (Wildman–Crippen MR) is 55.7 cm³/mol. The average molecular weight is 207 g/mol. The van der Waals surface area contributed by atoms with Crippen LogP contribution in [0.3, 0.4) is 0 Å². The maximum absolute atomic E-state index is 13.1. The summed E-state index contributed by atoms with van der Waals surface area (Å²) < 4.78 is 13.1. The maximum atomic E-state index is 13.1. The summed E-state index contributed by atoms with van der Waals surface area (Å²) in [6.07, 6.45) is 0. The quantitative estimate of drug-likeness (QED) is 0.694. The van der Waals surface area contributed by atoms with Gasteiger partial charge in [0.05, 0.1) is 5.39 Å². The third-order valence-electron chi connectivity index (χ3n) is 2.60. The van der Waals surface area contributed by atoms with Gasteiger partial charge in [-0.2, -0.15) is 0 Å². The summed E-state index contributed by atoms with van der Waals surface area (Å²) in [5.41, 5.74) is 1.21. The first-order valence-corrected chi connectivity index (χ1v) is 4.52. The van der Waals surface area contributed by atoms with Gasteiger partial charge in [-0.1, -0.05) is 0 Å². The Hall–Kier alpha value is -1.84. The Morgan fingerprint density at radius 1 is 1.27 bits per heavy atom. The smallest absolute Gasteiger partial charge is 0.256 e. The molecule has 0 saturated carbocycles. The lowest BCUT2D eigenvalue weighted by Crippen LogP contribution is -2.09. The van der Waals surface area contributed by atoms with Crippen molar-refractivity contribution in [3.63, 3.8) is 0 Å². The fourth-order valence-electron chi connectivity index (χ4n) is 1.59. The van der Waals surface area contributed by atoms with Crippen LogP contribution in [0.4, 0.5) is 4.39 Å². The van der Waals surface area contributed by atoms with Crippen molar-refractivity contribution >= 4 is 10.8 Å². The molecule has 0 spiro atoms. The summed E-state index contributed by atoms with van der Waals surface area (Å²) in [4.78, 5) is 14.1. The van der Waals surface area contributed by atoms with Gasteiger partial charge in [-0.05, 0) is 36.9 Å². The molecule has 4 heteroatoms. The van der Waals surface area contributed by atoms with Crippen LogP contribution >= 0.6 is 0 Å². The Kier molecular flexibility index (Phi) is 2.00. The van der Waals surface area contributed by atoms with E-state index in [1.54, 1.807) is 6.92 Å². The van der Waals surface area contributed by atoms with Crippen molar-refractivity contribution < 1.29 is 9.50 Å². The van der Waals surface area contributed by atoms with Crippen molar-refractivity contribution in [1.82, 2.24) is 4.98 Å². The van der Waals surface area contributed by atoms with Gasteiger partial charge in [-0.25, -0.2) is 4.39 Å². The van der Waals surface area contributed by atoms with Crippen molar-refractivity contribution in [3.05, 3.63) is 39.6 Å². The highest BCUT2D eigenvalue weighted by Crippen LogP contribution is 2.24. The molecule has 15 heavy (non-hydrogen) atoms. The summed E-state index contributed by atoms with van der Waals surface area (Å²) in [5, 5.41) is 10.1. The van der Waals surface area contributed by atoms with Crippen LogP contribution in [0.1, 0.15) is 11.3 Å². The monoisotopic (exact) mass is 207 g/mol. The first kappa shape index (κ1) is 9.71. The number of aromatic nitrogens is 1. The number of aromatic hydroxyl groups is 1. The Labute approximate surface area is 85.2 Å². The number of rotatable bonds is 0. The van der Waals surface area contributed by atoms with Gasteiger partial charge in [0.25, 0.3) is 5.56 Å². The molecule has 1 aromatic heterocycles. The maximum Gasteiger partial charge on any atom is 0.256 e. The van der Waals surface area contributed by atoms with E-state index >= 15 is 0 Å². The van der Waals surface area contributed by atoms with Crippen molar-refractivity contribution in [2.45, 2.75) is 13.8 Å². The molecule has 0 amide bonds. The minimum atomic E-state index is -0.781. The zero-order valence-corrected chi connectivity index (χ0v) is 8.39. The minimum Gasteiger partial charge on any atom is -0.505 e. The van der Waals surface area contributed by atoms with Gasteiger partial charge in [-0.3, -0.25) is 4.79 Å². The lowest BCUT2D eigenvalue weighted by atomic mass is 10.1. The van der Waals surface area contributed by atoms with E-state index in [4.69, 9.17) is 0 Å². The van der Waals surface area contributed by atoms with E-state index in [-0.39, 0.29) is 10.9 Å². The molecule has 0 unspecified atom stereocenters. The van der Waals surface area contributed by atoms with E-state index in [9.17, 15) is 14.3 Å². The molecule has 78 valence electrons. The molecule has 0 saturated heterocycles. The van der Waals surface area contributed by atoms with E-state index in [1.165, 1.54) is 6.07 Å². The highest BCUT2D eigenvalue weighted by molar-refractivity contribution is 5.86. The number of hydrogen-bond acceptors (Lipinski definition) is 2. The van der Waals surface area contributed by atoms with Crippen LogP contribution < -0.4 is 5.56 Å². The molecule has 0 fully saturated rings. The number of halogens is 1. The zero-order valence-electron chi connectivity index (χ0n) is 8.39. The Morgan fingerprint density at radius 2 is 1.93 bits per heavy atom. The topological polar surface area (TPSA) is 53.1 Å². The number of pyridine rings is 1. The summed E-state index contributed by atoms with van der Waals surface area (Å²) in [6, 6.07) is 2.33. The second-order valence-corrected chi connectivity index (χ2v) is 3.55. The molecule has 0 radical (unpaired) electrons. The molecule has 0 bridgehead atoms. The molecule has 2 aromatic rings. The second kappa shape index (κ2) is 3.08. The molecule has 2 N–H and O–H groups in total. The van der Waals surface area contributed by atoms with E-state index in [2.05, 4.69) is 4.98 Å². The molecule has 0 aliphatic carbocycles. The number of H-pyrrole nitrogens is 1. The first-order chi connectivity index (χ1) is 7.00. The van der Waals surface area contributed by atoms with Crippen molar-refractivity contribution in [3.8, 4) is 5.75 Å². The van der Waals surface area contributed by atoms with Gasteiger partial charge in [0.1, 0.15) is 0 Å². The van der Waals surface area contributed by atoms with Gasteiger partial charge in [0.2, 0.25) is 0 Å². The molecular weight excluding hydrogens is 197 g/mol. The van der Waals surface area contributed by atoms with Gasteiger partial charge in [0, 0.05) is 5.69 Å². The van der Waals surface area contributed by atoms with E-state index in [0.29, 0.717) is 5.39 Å². The number of aromatic amines is 1. The molecule has 1 aromatic carbocycles. The molecule has 2 rings (SSSR count). The molecule has 1 heterocycles. The third-order valence-corrected chi connectivity index (χ3v) is 2.60. The Balaban J connectivity index is 3.04. The highest BCUT2D eigenvalue weighted by Gasteiger charge is 2.09. The highest BCUT2D eigenvalue weighted by atomic mass is 19.1. The number of phenolic OH excluding ortho intramolecular Hbond substituents is 1. The first-order valence-electron chi connectivity index (χ1n) is 4.52. The normalized spacial score (nSPS) is 10.9. The summed E-state index contributed by atoms with van der Waals surface area (Å²) in [6.45, 7) is 3.57. The number of nitrogens with one attached hydrogen (secondary N) is 1. The van der Waals surface area contributed by atoms with Crippen LogP contribution in [-0.4, -0.2) is 10.1 Å². The predicted octanol–water partition coefficient (Wildman–Crippen LogP) is 1.99. The summed E-state index contributed by atoms with van der Waals surface area (Å²) in [7, 11) is 0. The Morgan fingerprint density at radius 3 is 2.60 bits per heavy atom. The van der Waals surface area contributed by atoms with Gasteiger partial charge in [-0.15, -0.1) is 0 Å². The van der Waals surface area contributed by atoms with Crippen molar-refractivity contribution in [2.75, 3.05) is 0 Å². The van der Waals surface area contributed by atoms with Crippen LogP contribution in [0.15, 0.2) is 16.9 Å². The average Bonchev–Trinajstić information content (AvgIpc) is 2.18. The summed E-state index contributed by atoms with van der Waals surface area (Å²) >= 11 is 0. The van der Waals surface area contributed by atoms with Gasteiger partial charge < -0.3 is 10.1 Å². The second-order valence-electron chi connectivity index (χ2n) is 3.55. The molecule has 3 nitrogen and oxygen atoms in total. The van der Waals surface area contributed by atoms with Gasteiger partial charge >= 0.3 is 0 Å². The minimum absolute atomic E-state index is 0.258. The molecule has 0 aliphatic rings. The van der Waals surface area contributed by atoms with Crippen molar-refractivity contribution in [1.29, 1.82) is 0 Å². The third kappa shape index (κ3) is 1.38. The van der Waals surface area contributed by atoms with Crippen LogP contribution in [0, 0.1) is 19.7 Å². The van der Waals surface area contributed by atoms with Crippen LogP contribution in [-0.2, 0) is 0 Å². The number of fused-ring (bicyclic) bond motifs is 1. The molecule has 0 aliphatic heterocycles.